The number of hydrogen-bond donors (Lipinski definition) is 2. The minimum Gasteiger partial charge on any atom is -0.497 e. The SMILES string of the molecule is CCCNC(=O)COc1ccc(OC)cc1CNC. The average molecular weight is 266 g/mol. The van der Waals surface area contributed by atoms with E-state index in [1.807, 2.05) is 32.2 Å². The van der Waals surface area contributed by atoms with Gasteiger partial charge in [0.1, 0.15) is 11.5 Å². The number of amides is 1. The van der Waals surface area contributed by atoms with Gasteiger partial charge < -0.3 is 20.1 Å². The summed E-state index contributed by atoms with van der Waals surface area (Å²) in [6.07, 6.45) is 0.916. The molecule has 0 atom stereocenters. The summed E-state index contributed by atoms with van der Waals surface area (Å²) in [6, 6.07) is 5.53. The van der Waals surface area contributed by atoms with Gasteiger partial charge in [0.15, 0.2) is 6.61 Å². The van der Waals surface area contributed by atoms with Crippen molar-refractivity contribution in [2.45, 2.75) is 19.9 Å². The Morgan fingerprint density at radius 1 is 1.37 bits per heavy atom. The van der Waals surface area contributed by atoms with Gasteiger partial charge in [0.25, 0.3) is 5.91 Å². The molecular formula is C14H22N2O3. The monoisotopic (exact) mass is 266 g/mol. The second-order valence-corrected chi connectivity index (χ2v) is 4.14. The third kappa shape index (κ3) is 5.18. The van der Waals surface area contributed by atoms with E-state index >= 15 is 0 Å². The molecule has 106 valence electrons. The lowest BCUT2D eigenvalue weighted by Gasteiger charge is -2.12. The van der Waals surface area contributed by atoms with Crippen LogP contribution in [0.4, 0.5) is 0 Å². The number of rotatable bonds is 8. The van der Waals surface area contributed by atoms with Gasteiger partial charge in [-0.1, -0.05) is 6.92 Å². The van der Waals surface area contributed by atoms with E-state index in [1.165, 1.54) is 0 Å². The first-order valence-electron chi connectivity index (χ1n) is 6.42. The first-order valence-corrected chi connectivity index (χ1v) is 6.42. The molecule has 1 aromatic carbocycles. The molecule has 0 unspecified atom stereocenters. The summed E-state index contributed by atoms with van der Waals surface area (Å²) in [4.78, 5) is 11.5. The van der Waals surface area contributed by atoms with E-state index in [-0.39, 0.29) is 12.5 Å². The maximum Gasteiger partial charge on any atom is 0.257 e. The smallest absolute Gasteiger partial charge is 0.257 e. The summed E-state index contributed by atoms with van der Waals surface area (Å²) in [5, 5.41) is 5.83. The lowest BCUT2D eigenvalue weighted by molar-refractivity contribution is -0.123. The third-order valence-electron chi connectivity index (χ3n) is 2.57. The lowest BCUT2D eigenvalue weighted by atomic mass is 10.2. The molecule has 19 heavy (non-hydrogen) atoms. The molecule has 0 saturated carbocycles. The highest BCUT2D eigenvalue weighted by Crippen LogP contribution is 2.24. The van der Waals surface area contributed by atoms with Crippen LogP contribution in [-0.2, 0) is 11.3 Å². The summed E-state index contributed by atoms with van der Waals surface area (Å²) in [6.45, 7) is 3.37. The minimum absolute atomic E-state index is 0.0308. The van der Waals surface area contributed by atoms with E-state index in [9.17, 15) is 4.79 Å². The molecule has 0 aromatic heterocycles. The van der Waals surface area contributed by atoms with Crippen molar-refractivity contribution in [3.8, 4) is 11.5 Å². The molecular weight excluding hydrogens is 244 g/mol. The fraction of sp³-hybridized carbons (Fsp3) is 0.500. The number of hydrogen-bond acceptors (Lipinski definition) is 4. The zero-order chi connectivity index (χ0) is 14.1. The average Bonchev–Trinajstić information content (AvgIpc) is 2.43. The first-order chi connectivity index (χ1) is 9.21. The molecule has 0 aliphatic heterocycles. The van der Waals surface area contributed by atoms with Gasteiger partial charge in [-0.2, -0.15) is 0 Å². The molecule has 0 heterocycles. The van der Waals surface area contributed by atoms with Crippen LogP contribution in [0.1, 0.15) is 18.9 Å². The van der Waals surface area contributed by atoms with Crippen LogP contribution in [0.15, 0.2) is 18.2 Å². The summed E-state index contributed by atoms with van der Waals surface area (Å²) < 4.78 is 10.7. The highest BCUT2D eigenvalue weighted by atomic mass is 16.5. The summed E-state index contributed by atoms with van der Waals surface area (Å²) >= 11 is 0. The van der Waals surface area contributed by atoms with Crippen LogP contribution < -0.4 is 20.1 Å². The zero-order valence-corrected chi connectivity index (χ0v) is 11.8. The molecule has 0 fully saturated rings. The van der Waals surface area contributed by atoms with Crippen molar-refractivity contribution in [2.24, 2.45) is 0 Å². The number of benzene rings is 1. The van der Waals surface area contributed by atoms with Gasteiger partial charge in [0.2, 0.25) is 0 Å². The van der Waals surface area contributed by atoms with Crippen LogP contribution >= 0.6 is 0 Å². The predicted molar refractivity (Wildman–Crippen MR) is 74.6 cm³/mol. The Labute approximate surface area is 114 Å². The van der Waals surface area contributed by atoms with Crippen LogP contribution in [0.5, 0.6) is 11.5 Å². The lowest BCUT2D eigenvalue weighted by Crippen LogP contribution is -2.29. The topological polar surface area (TPSA) is 59.6 Å². The summed E-state index contributed by atoms with van der Waals surface area (Å²) in [5.41, 5.74) is 0.963. The van der Waals surface area contributed by atoms with Crippen LogP contribution in [0.2, 0.25) is 0 Å². The maximum absolute atomic E-state index is 11.5. The molecule has 0 spiro atoms. The quantitative estimate of drug-likeness (QED) is 0.745. The van der Waals surface area contributed by atoms with E-state index in [2.05, 4.69) is 10.6 Å². The standard InChI is InChI=1S/C14H22N2O3/c1-4-7-16-14(17)10-19-13-6-5-12(18-3)8-11(13)9-15-2/h5-6,8,15H,4,7,9-10H2,1-3H3,(H,16,17). The highest BCUT2D eigenvalue weighted by Gasteiger charge is 2.07. The van der Waals surface area contributed by atoms with Crippen LogP contribution in [0.25, 0.3) is 0 Å². The van der Waals surface area contributed by atoms with Crippen molar-refractivity contribution in [3.63, 3.8) is 0 Å². The summed E-state index contributed by atoms with van der Waals surface area (Å²) in [7, 11) is 3.48. The van der Waals surface area contributed by atoms with Crippen LogP contribution in [0, 0.1) is 0 Å². The number of carbonyl (C=O) groups is 1. The Morgan fingerprint density at radius 3 is 2.79 bits per heavy atom. The Bertz CT molecular complexity index is 408. The van der Waals surface area contributed by atoms with E-state index in [0.717, 1.165) is 17.7 Å². The van der Waals surface area contributed by atoms with Crippen molar-refractivity contribution in [1.82, 2.24) is 10.6 Å². The van der Waals surface area contributed by atoms with Gasteiger partial charge in [0.05, 0.1) is 7.11 Å². The number of carbonyl (C=O) groups excluding carboxylic acids is 1. The van der Waals surface area contributed by atoms with Gasteiger partial charge in [0, 0.05) is 18.7 Å². The molecule has 5 nitrogen and oxygen atoms in total. The molecule has 0 saturated heterocycles. The van der Waals surface area contributed by atoms with Gasteiger partial charge in [-0.05, 0) is 31.7 Å². The second-order valence-electron chi connectivity index (χ2n) is 4.14. The molecule has 2 N–H and O–H groups in total. The van der Waals surface area contributed by atoms with Crippen molar-refractivity contribution in [3.05, 3.63) is 23.8 Å². The molecule has 1 amide bonds. The molecule has 1 rings (SSSR count). The first kappa shape index (κ1) is 15.3. The van der Waals surface area contributed by atoms with Gasteiger partial charge in [-0.25, -0.2) is 0 Å². The van der Waals surface area contributed by atoms with Crippen molar-refractivity contribution >= 4 is 5.91 Å². The Morgan fingerprint density at radius 2 is 2.16 bits per heavy atom. The van der Waals surface area contributed by atoms with E-state index < -0.39 is 0 Å². The number of nitrogens with one attached hydrogen (secondary N) is 2. The molecule has 0 radical (unpaired) electrons. The number of methoxy groups -OCH3 is 1. The van der Waals surface area contributed by atoms with Crippen LogP contribution in [-0.4, -0.2) is 33.2 Å². The maximum atomic E-state index is 11.5. The Kier molecular flexibility index (Phi) is 6.74. The van der Waals surface area contributed by atoms with Gasteiger partial charge in [-0.3, -0.25) is 4.79 Å². The Balaban J connectivity index is 2.63. The molecule has 0 aliphatic carbocycles. The molecule has 1 aromatic rings. The van der Waals surface area contributed by atoms with Crippen molar-refractivity contribution < 1.29 is 14.3 Å². The van der Waals surface area contributed by atoms with Crippen molar-refractivity contribution in [1.29, 1.82) is 0 Å². The minimum atomic E-state index is -0.104. The van der Waals surface area contributed by atoms with E-state index in [4.69, 9.17) is 9.47 Å². The molecule has 5 heteroatoms. The largest absolute Gasteiger partial charge is 0.497 e. The second kappa shape index (κ2) is 8.37. The molecule has 0 bridgehead atoms. The normalized spacial score (nSPS) is 10.1. The highest BCUT2D eigenvalue weighted by molar-refractivity contribution is 5.77. The fourth-order valence-corrected chi connectivity index (χ4v) is 1.61. The van der Waals surface area contributed by atoms with E-state index in [1.54, 1.807) is 7.11 Å². The summed E-state index contributed by atoms with van der Waals surface area (Å²) in [5.74, 6) is 1.36. The van der Waals surface area contributed by atoms with Crippen molar-refractivity contribution in [2.75, 3.05) is 27.3 Å². The third-order valence-corrected chi connectivity index (χ3v) is 2.57. The number of ether oxygens (including phenoxy) is 2. The van der Waals surface area contributed by atoms with E-state index in [0.29, 0.717) is 18.8 Å². The fourth-order valence-electron chi connectivity index (χ4n) is 1.61. The van der Waals surface area contributed by atoms with Crippen LogP contribution in [0.3, 0.4) is 0 Å². The predicted octanol–water partition coefficient (Wildman–Crippen LogP) is 1.32. The Hall–Kier alpha value is -1.75. The zero-order valence-electron chi connectivity index (χ0n) is 11.8. The molecule has 0 aliphatic rings. The van der Waals surface area contributed by atoms with Gasteiger partial charge >= 0.3 is 0 Å². The van der Waals surface area contributed by atoms with Gasteiger partial charge in [-0.15, -0.1) is 0 Å².